The van der Waals surface area contributed by atoms with E-state index in [1.165, 1.54) is 6.26 Å². The molecule has 0 heterocycles. The largest absolute Gasteiger partial charge is 0.392 e. The van der Waals surface area contributed by atoms with Gasteiger partial charge in [-0.1, -0.05) is 18.9 Å². The van der Waals surface area contributed by atoms with E-state index in [9.17, 15) is 13.5 Å². The van der Waals surface area contributed by atoms with Crippen molar-refractivity contribution in [3.05, 3.63) is 12.7 Å². The molecule has 1 N–H and O–H groups in total. The van der Waals surface area contributed by atoms with E-state index in [0.717, 1.165) is 25.7 Å². The Labute approximate surface area is 93.1 Å². The SMILES string of the molecule is C=CCCCCCC(O)C(C)S(C)(=O)=O. The number of sulfone groups is 1. The Morgan fingerprint density at radius 1 is 1.33 bits per heavy atom. The third kappa shape index (κ3) is 6.68. The lowest BCUT2D eigenvalue weighted by atomic mass is 10.1. The zero-order chi connectivity index (χ0) is 11.9. The van der Waals surface area contributed by atoms with Gasteiger partial charge in [-0.2, -0.15) is 0 Å². The van der Waals surface area contributed by atoms with E-state index < -0.39 is 21.2 Å². The van der Waals surface area contributed by atoms with Crippen LogP contribution in [0.5, 0.6) is 0 Å². The Kier molecular flexibility index (Phi) is 6.85. The fourth-order valence-corrected chi connectivity index (χ4v) is 2.05. The quantitative estimate of drug-likeness (QED) is 0.515. The van der Waals surface area contributed by atoms with Crippen LogP contribution in [0.25, 0.3) is 0 Å². The van der Waals surface area contributed by atoms with Gasteiger partial charge >= 0.3 is 0 Å². The van der Waals surface area contributed by atoms with E-state index in [2.05, 4.69) is 6.58 Å². The van der Waals surface area contributed by atoms with Crippen molar-refractivity contribution in [2.75, 3.05) is 6.26 Å². The summed E-state index contributed by atoms with van der Waals surface area (Å²) in [6.07, 6.45) is 6.79. The lowest BCUT2D eigenvalue weighted by molar-refractivity contribution is 0.159. The Hall–Kier alpha value is -0.350. The number of allylic oxidation sites excluding steroid dienone is 1. The van der Waals surface area contributed by atoms with E-state index in [4.69, 9.17) is 0 Å². The first-order valence-electron chi connectivity index (χ1n) is 5.37. The third-order valence-electron chi connectivity index (χ3n) is 2.63. The van der Waals surface area contributed by atoms with Crippen molar-refractivity contribution in [3.63, 3.8) is 0 Å². The van der Waals surface area contributed by atoms with Crippen molar-refractivity contribution in [1.29, 1.82) is 0 Å². The molecule has 0 aromatic heterocycles. The maximum Gasteiger partial charge on any atom is 0.152 e. The van der Waals surface area contributed by atoms with E-state index in [1.54, 1.807) is 6.92 Å². The van der Waals surface area contributed by atoms with Crippen molar-refractivity contribution in [2.24, 2.45) is 0 Å². The number of aliphatic hydroxyl groups excluding tert-OH is 1. The minimum atomic E-state index is -3.12. The van der Waals surface area contributed by atoms with Gasteiger partial charge in [-0.25, -0.2) is 8.42 Å². The molecule has 0 saturated carbocycles. The molecule has 0 fully saturated rings. The number of unbranched alkanes of at least 4 members (excludes halogenated alkanes) is 3. The Morgan fingerprint density at radius 2 is 1.93 bits per heavy atom. The fourth-order valence-electron chi connectivity index (χ4n) is 1.34. The highest BCUT2D eigenvalue weighted by Crippen LogP contribution is 2.12. The predicted octanol–water partition coefficient (Wildman–Crippen LogP) is 1.92. The first kappa shape index (κ1) is 14.6. The summed E-state index contributed by atoms with van der Waals surface area (Å²) in [6, 6.07) is 0. The zero-order valence-corrected chi connectivity index (χ0v) is 10.5. The van der Waals surface area contributed by atoms with Crippen LogP contribution in [0.4, 0.5) is 0 Å². The van der Waals surface area contributed by atoms with Gasteiger partial charge in [0.1, 0.15) is 0 Å². The van der Waals surface area contributed by atoms with Crippen LogP contribution in [-0.4, -0.2) is 31.1 Å². The van der Waals surface area contributed by atoms with Gasteiger partial charge in [0, 0.05) is 6.26 Å². The molecule has 90 valence electrons. The van der Waals surface area contributed by atoms with E-state index in [0.29, 0.717) is 6.42 Å². The van der Waals surface area contributed by atoms with E-state index >= 15 is 0 Å². The van der Waals surface area contributed by atoms with Crippen LogP contribution in [0.3, 0.4) is 0 Å². The second kappa shape index (κ2) is 7.01. The molecule has 4 heteroatoms. The smallest absolute Gasteiger partial charge is 0.152 e. The Bertz CT molecular complexity index is 270. The highest BCUT2D eigenvalue weighted by Gasteiger charge is 2.23. The molecule has 2 atom stereocenters. The normalized spacial score (nSPS) is 15.9. The molecule has 0 saturated heterocycles. The standard InChI is InChI=1S/C11H22O3S/c1-4-5-6-7-8-9-11(12)10(2)15(3,13)14/h4,10-12H,1,5-9H2,2-3H3. The second-order valence-corrected chi connectivity index (χ2v) is 6.43. The van der Waals surface area contributed by atoms with Crippen molar-refractivity contribution in [3.8, 4) is 0 Å². The van der Waals surface area contributed by atoms with Gasteiger partial charge in [0.2, 0.25) is 0 Å². The van der Waals surface area contributed by atoms with Crippen LogP contribution in [0, 0.1) is 0 Å². The minimum absolute atomic E-state index is 0.561. The van der Waals surface area contributed by atoms with Crippen molar-refractivity contribution >= 4 is 9.84 Å². The maximum absolute atomic E-state index is 11.1. The van der Waals surface area contributed by atoms with Gasteiger partial charge in [-0.3, -0.25) is 0 Å². The number of aliphatic hydroxyl groups is 1. The molecule has 0 rings (SSSR count). The summed E-state index contributed by atoms with van der Waals surface area (Å²) in [7, 11) is -3.12. The average molecular weight is 234 g/mol. The lowest BCUT2D eigenvalue weighted by Gasteiger charge is -2.16. The second-order valence-electron chi connectivity index (χ2n) is 4.03. The molecule has 15 heavy (non-hydrogen) atoms. The monoisotopic (exact) mass is 234 g/mol. The molecular weight excluding hydrogens is 212 g/mol. The first-order valence-corrected chi connectivity index (χ1v) is 7.33. The van der Waals surface area contributed by atoms with Gasteiger partial charge in [-0.15, -0.1) is 6.58 Å². The molecule has 0 aromatic rings. The summed E-state index contributed by atoms with van der Waals surface area (Å²) in [5, 5.41) is 8.95. The summed E-state index contributed by atoms with van der Waals surface area (Å²) >= 11 is 0. The van der Waals surface area contributed by atoms with Crippen molar-refractivity contribution < 1.29 is 13.5 Å². The predicted molar refractivity (Wildman–Crippen MR) is 63.6 cm³/mol. The molecule has 0 aliphatic rings. The fraction of sp³-hybridized carbons (Fsp3) is 0.818. The maximum atomic E-state index is 11.1. The average Bonchev–Trinajstić information content (AvgIpc) is 2.14. The molecule has 0 spiro atoms. The van der Waals surface area contributed by atoms with Gasteiger partial charge in [-0.05, 0) is 26.2 Å². The molecule has 0 bridgehead atoms. The van der Waals surface area contributed by atoms with Gasteiger partial charge in [0.25, 0.3) is 0 Å². The molecule has 2 unspecified atom stereocenters. The van der Waals surface area contributed by atoms with Gasteiger partial charge in [0.15, 0.2) is 9.84 Å². The highest BCUT2D eigenvalue weighted by molar-refractivity contribution is 7.91. The van der Waals surface area contributed by atoms with Crippen LogP contribution in [0.1, 0.15) is 39.0 Å². The highest BCUT2D eigenvalue weighted by atomic mass is 32.2. The molecule has 0 amide bonds. The summed E-state index contributed by atoms with van der Waals surface area (Å²) in [6.45, 7) is 5.18. The Balaban J connectivity index is 3.74. The van der Waals surface area contributed by atoms with Gasteiger partial charge < -0.3 is 5.11 Å². The minimum Gasteiger partial charge on any atom is -0.392 e. The summed E-state index contributed by atoms with van der Waals surface area (Å²) in [4.78, 5) is 0. The lowest BCUT2D eigenvalue weighted by Crippen LogP contribution is -2.30. The third-order valence-corrected chi connectivity index (χ3v) is 4.29. The number of hydrogen-bond donors (Lipinski definition) is 1. The van der Waals surface area contributed by atoms with Crippen LogP contribution in [-0.2, 0) is 9.84 Å². The zero-order valence-electron chi connectivity index (χ0n) is 9.65. The van der Waals surface area contributed by atoms with Crippen LogP contribution < -0.4 is 0 Å². The first-order chi connectivity index (χ1) is 6.89. The summed E-state index contributed by atoms with van der Waals surface area (Å²) in [5.74, 6) is 0. The molecule has 0 aliphatic carbocycles. The van der Waals surface area contributed by atoms with Crippen molar-refractivity contribution in [2.45, 2.75) is 50.4 Å². The molecule has 0 aliphatic heterocycles. The summed E-state index contributed by atoms with van der Waals surface area (Å²) in [5.41, 5.74) is 0. The molecule has 0 radical (unpaired) electrons. The van der Waals surface area contributed by atoms with Crippen LogP contribution in [0.2, 0.25) is 0 Å². The topological polar surface area (TPSA) is 54.4 Å². The van der Waals surface area contributed by atoms with Crippen LogP contribution in [0.15, 0.2) is 12.7 Å². The Morgan fingerprint density at radius 3 is 2.40 bits per heavy atom. The van der Waals surface area contributed by atoms with Crippen LogP contribution >= 0.6 is 0 Å². The van der Waals surface area contributed by atoms with Crippen molar-refractivity contribution in [1.82, 2.24) is 0 Å². The molecule has 3 nitrogen and oxygen atoms in total. The molecular formula is C11H22O3S. The summed E-state index contributed by atoms with van der Waals surface area (Å²) < 4.78 is 22.3. The number of rotatable bonds is 8. The van der Waals surface area contributed by atoms with E-state index in [-0.39, 0.29) is 0 Å². The van der Waals surface area contributed by atoms with Gasteiger partial charge in [0.05, 0.1) is 11.4 Å². The molecule has 0 aromatic carbocycles. The number of hydrogen-bond acceptors (Lipinski definition) is 3. The van der Waals surface area contributed by atoms with E-state index in [1.807, 2.05) is 6.08 Å².